The first kappa shape index (κ1) is 20.1. The quantitative estimate of drug-likeness (QED) is 0.717. The second-order valence-electron chi connectivity index (χ2n) is 5.74. The Hall–Kier alpha value is -3.22. The van der Waals surface area contributed by atoms with Crippen molar-refractivity contribution in [2.45, 2.75) is 13.0 Å². The number of carbonyl (C=O) groups excluding carboxylic acids is 2. The van der Waals surface area contributed by atoms with Gasteiger partial charge in [0.2, 0.25) is 0 Å². The predicted octanol–water partition coefficient (Wildman–Crippen LogP) is 2.75. The lowest BCUT2D eigenvalue weighted by atomic mass is 10.1. The lowest BCUT2D eigenvalue weighted by Crippen LogP contribution is -2.31. The van der Waals surface area contributed by atoms with Crippen LogP contribution < -0.4 is 19.5 Å². The predicted molar refractivity (Wildman–Crippen MR) is 99.4 cm³/mol. The average molecular weight is 373 g/mol. The van der Waals surface area contributed by atoms with E-state index < -0.39 is 18.5 Å². The molecule has 0 fully saturated rings. The van der Waals surface area contributed by atoms with Crippen LogP contribution in [-0.2, 0) is 9.53 Å². The Labute approximate surface area is 158 Å². The van der Waals surface area contributed by atoms with Crippen molar-refractivity contribution in [2.24, 2.45) is 0 Å². The Kier molecular flexibility index (Phi) is 7.05. The number of methoxy groups -OCH3 is 3. The molecule has 2 aromatic rings. The molecule has 0 radical (unpaired) electrons. The van der Waals surface area contributed by atoms with E-state index in [0.717, 1.165) is 11.3 Å². The number of hydrogen-bond donors (Lipinski definition) is 1. The van der Waals surface area contributed by atoms with Crippen molar-refractivity contribution in [1.29, 1.82) is 0 Å². The van der Waals surface area contributed by atoms with E-state index in [9.17, 15) is 9.59 Å². The summed E-state index contributed by atoms with van der Waals surface area (Å²) in [5.41, 5.74) is 1.15. The van der Waals surface area contributed by atoms with Gasteiger partial charge in [0.1, 0.15) is 17.2 Å². The van der Waals surface area contributed by atoms with Crippen LogP contribution in [0.4, 0.5) is 0 Å². The molecule has 2 aromatic carbocycles. The maximum absolute atomic E-state index is 12.2. The first-order chi connectivity index (χ1) is 13.0. The molecule has 7 heteroatoms. The maximum Gasteiger partial charge on any atom is 0.338 e. The van der Waals surface area contributed by atoms with E-state index in [2.05, 4.69) is 5.32 Å². The number of rotatable bonds is 8. The van der Waals surface area contributed by atoms with E-state index in [4.69, 9.17) is 18.9 Å². The van der Waals surface area contributed by atoms with Gasteiger partial charge in [0.25, 0.3) is 5.91 Å². The minimum absolute atomic E-state index is 0.237. The third kappa shape index (κ3) is 5.64. The van der Waals surface area contributed by atoms with Crippen molar-refractivity contribution >= 4 is 11.9 Å². The standard InChI is InChI=1S/C20H23NO6/c1-13(14-5-7-16(24-2)8-6-14)21-19(22)12-27-20(23)15-9-17(25-3)11-18(10-15)26-4/h5-11,13H,12H2,1-4H3,(H,21,22)/t13-/m1/s1. The number of ether oxygens (including phenoxy) is 4. The van der Waals surface area contributed by atoms with Gasteiger partial charge in [0.05, 0.1) is 32.9 Å². The minimum Gasteiger partial charge on any atom is -0.497 e. The molecule has 0 heterocycles. The highest BCUT2D eigenvalue weighted by atomic mass is 16.5. The zero-order chi connectivity index (χ0) is 19.8. The van der Waals surface area contributed by atoms with Crippen molar-refractivity contribution in [3.05, 3.63) is 53.6 Å². The molecule has 1 N–H and O–H groups in total. The summed E-state index contributed by atoms with van der Waals surface area (Å²) in [6.45, 7) is 1.45. The number of benzene rings is 2. The van der Waals surface area contributed by atoms with Crippen LogP contribution in [0.3, 0.4) is 0 Å². The Morgan fingerprint density at radius 2 is 1.44 bits per heavy atom. The molecule has 1 atom stereocenters. The maximum atomic E-state index is 12.2. The molecule has 0 aliphatic heterocycles. The van der Waals surface area contributed by atoms with Gasteiger partial charge in [-0.25, -0.2) is 4.79 Å². The van der Waals surface area contributed by atoms with Crippen molar-refractivity contribution in [3.63, 3.8) is 0 Å². The van der Waals surface area contributed by atoms with E-state index in [0.29, 0.717) is 11.5 Å². The molecule has 7 nitrogen and oxygen atoms in total. The summed E-state index contributed by atoms with van der Waals surface area (Å²) in [6.07, 6.45) is 0. The Morgan fingerprint density at radius 1 is 0.889 bits per heavy atom. The lowest BCUT2D eigenvalue weighted by Gasteiger charge is -2.15. The van der Waals surface area contributed by atoms with E-state index in [1.165, 1.54) is 26.4 Å². The van der Waals surface area contributed by atoms with Crippen LogP contribution >= 0.6 is 0 Å². The molecule has 0 saturated heterocycles. The fourth-order valence-electron chi connectivity index (χ4n) is 2.40. The molecule has 0 spiro atoms. The summed E-state index contributed by atoms with van der Waals surface area (Å²) >= 11 is 0. The average Bonchev–Trinajstić information content (AvgIpc) is 2.71. The largest absolute Gasteiger partial charge is 0.497 e. The summed E-state index contributed by atoms with van der Waals surface area (Å²) in [5, 5.41) is 2.78. The third-order valence-electron chi connectivity index (χ3n) is 3.91. The molecular weight excluding hydrogens is 350 g/mol. The van der Waals surface area contributed by atoms with E-state index in [-0.39, 0.29) is 11.6 Å². The topological polar surface area (TPSA) is 83.1 Å². The smallest absolute Gasteiger partial charge is 0.338 e. The Morgan fingerprint density at radius 3 is 1.96 bits per heavy atom. The van der Waals surface area contributed by atoms with Crippen LogP contribution in [0.1, 0.15) is 28.9 Å². The molecule has 2 rings (SSSR count). The molecule has 1 amide bonds. The summed E-state index contributed by atoms with van der Waals surface area (Å²) in [4.78, 5) is 24.3. The normalized spacial score (nSPS) is 11.3. The molecule has 0 bridgehead atoms. The number of esters is 1. The van der Waals surface area contributed by atoms with Gasteiger partial charge in [-0.3, -0.25) is 4.79 Å². The van der Waals surface area contributed by atoms with E-state index in [1.807, 2.05) is 31.2 Å². The van der Waals surface area contributed by atoms with Crippen LogP contribution in [0.25, 0.3) is 0 Å². The number of hydrogen-bond acceptors (Lipinski definition) is 6. The van der Waals surface area contributed by atoms with Crippen LogP contribution in [0, 0.1) is 0 Å². The zero-order valence-electron chi connectivity index (χ0n) is 15.8. The van der Waals surface area contributed by atoms with Crippen LogP contribution in [0.5, 0.6) is 17.2 Å². The molecule has 0 saturated carbocycles. The highest BCUT2D eigenvalue weighted by Crippen LogP contribution is 2.23. The van der Waals surface area contributed by atoms with Crippen LogP contribution in [0.15, 0.2) is 42.5 Å². The molecule has 0 aliphatic carbocycles. The van der Waals surface area contributed by atoms with Gasteiger partial charge in [-0.1, -0.05) is 12.1 Å². The van der Waals surface area contributed by atoms with Gasteiger partial charge >= 0.3 is 5.97 Å². The molecule has 0 aliphatic rings. The van der Waals surface area contributed by atoms with E-state index in [1.54, 1.807) is 13.2 Å². The number of amides is 1. The van der Waals surface area contributed by atoms with Crippen molar-refractivity contribution in [2.75, 3.05) is 27.9 Å². The Balaban J connectivity index is 1.91. The Bertz CT molecular complexity index is 765. The number of carbonyl (C=O) groups is 2. The first-order valence-electron chi connectivity index (χ1n) is 8.30. The fraction of sp³-hybridized carbons (Fsp3) is 0.300. The van der Waals surface area contributed by atoms with Crippen molar-refractivity contribution < 1.29 is 28.5 Å². The molecular formula is C20H23NO6. The first-order valence-corrected chi connectivity index (χ1v) is 8.30. The highest BCUT2D eigenvalue weighted by Gasteiger charge is 2.15. The van der Waals surface area contributed by atoms with Gasteiger partial charge < -0.3 is 24.3 Å². The second kappa shape index (κ2) is 9.47. The van der Waals surface area contributed by atoms with Crippen molar-refractivity contribution in [1.82, 2.24) is 5.32 Å². The van der Waals surface area contributed by atoms with Gasteiger partial charge in [-0.15, -0.1) is 0 Å². The molecule has 27 heavy (non-hydrogen) atoms. The van der Waals surface area contributed by atoms with Gasteiger partial charge in [0.15, 0.2) is 6.61 Å². The summed E-state index contributed by atoms with van der Waals surface area (Å²) in [7, 11) is 4.56. The van der Waals surface area contributed by atoms with Gasteiger partial charge in [-0.2, -0.15) is 0 Å². The monoisotopic (exact) mass is 373 g/mol. The van der Waals surface area contributed by atoms with Crippen molar-refractivity contribution in [3.8, 4) is 17.2 Å². The summed E-state index contributed by atoms with van der Waals surface area (Å²) in [6, 6.07) is 11.8. The van der Waals surface area contributed by atoms with Crippen LogP contribution in [0.2, 0.25) is 0 Å². The third-order valence-corrected chi connectivity index (χ3v) is 3.91. The summed E-state index contributed by atoms with van der Waals surface area (Å²) in [5.74, 6) is 0.610. The molecule has 144 valence electrons. The van der Waals surface area contributed by atoms with E-state index >= 15 is 0 Å². The number of nitrogens with one attached hydrogen (secondary N) is 1. The molecule has 0 unspecified atom stereocenters. The van der Waals surface area contributed by atoms with Crippen LogP contribution in [-0.4, -0.2) is 39.8 Å². The van der Waals surface area contributed by atoms with Gasteiger partial charge in [0, 0.05) is 6.07 Å². The summed E-state index contributed by atoms with van der Waals surface area (Å²) < 4.78 is 20.4. The fourth-order valence-corrected chi connectivity index (χ4v) is 2.40. The highest BCUT2D eigenvalue weighted by molar-refractivity contribution is 5.92. The minimum atomic E-state index is -0.639. The SMILES string of the molecule is COc1ccc([C@@H](C)NC(=O)COC(=O)c2cc(OC)cc(OC)c2)cc1. The molecule has 0 aromatic heterocycles. The zero-order valence-corrected chi connectivity index (χ0v) is 15.8. The second-order valence-corrected chi connectivity index (χ2v) is 5.74. The lowest BCUT2D eigenvalue weighted by molar-refractivity contribution is -0.124. The van der Waals surface area contributed by atoms with Gasteiger partial charge in [-0.05, 0) is 36.8 Å².